The van der Waals surface area contributed by atoms with Crippen molar-refractivity contribution in [2.75, 3.05) is 6.54 Å². The number of aliphatic imine (C=N–C) groups is 1. The molecule has 4 rings (SSSR count). The molecule has 2 N–H and O–H groups in total. The van der Waals surface area contributed by atoms with Crippen LogP contribution in [0.4, 0.5) is 0 Å². The number of amides is 1. The molecule has 152 valence electrons. The Bertz CT molecular complexity index is 1170. The first-order valence-corrected chi connectivity index (χ1v) is 11.0. The third-order valence-corrected chi connectivity index (χ3v) is 6.53. The lowest BCUT2D eigenvalue weighted by molar-refractivity contribution is -0.121. The Balaban J connectivity index is 1.60. The summed E-state index contributed by atoms with van der Waals surface area (Å²) >= 11 is 0. The van der Waals surface area contributed by atoms with Gasteiger partial charge in [-0.2, -0.15) is 0 Å². The number of sulfonamides is 1. The molecule has 0 aliphatic carbocycles. The van der Waals surface area contributed by atoms with Gasteiger partial charge in [0.2, 0.25) is 5.91 Å². The highest BCUT2D eigenvalue weighted by Gasteiger charge is 2.32. The molecule has 0 radical (unpaired) electrons. The van der Waals surface area contributed by atoms with Crippen molar-refractivity contribution in [2.24, 2.45) is 4.99 Å². The summed E-state index contributed by atoms with van der Waals surface area (Å²) in [6.45, 7) is 1.73. The zero-order chi connectivity index (χ0) is 21.2. The monoisotopic (exact) mass is 419 g/mol. The summed E-state index contributed by atoms with van der Waals surface area (Å²) in [6.07, 6.45) is 0. The van der Waals surface area contributed by atoms with E-state index in [9.17, 15) is 13.2 Å². The smallest absolute Gasteiger partial charge is 0.263 e. The van der Waals surface area contributed by atoms with Gasteiger partial charge in [-0.25, -0.2) is 8.42 Å². The molecule has 3 aromatic rings. The predicted molar refractivity (Wildman–Crippen MR) is 116 cm³/mol. The van der Waals surface area contributed by atoms with Crippen LogP contribution in [-0.4, -0.2) is 26.7 Å². The maximum Gasteiger partial charge on any atom is 0.263 e. The van der Waals surface area contributed by atoms with Gasteiger partial charge >= 0.3 is 0 Å². The summed E-state index contributed by atoms with van der Waals surface area (Å²) in [7, 11) is -3.64. The second-order valence-corrected chi connectivity index (χ2v) is 8.82. The zero-order valence-corrected chi connectivity index (χ0v) is 17.2. The molecule has 0 aromatic heterocycles. The molecule has 0 spiro atoms. The number of carbonyl (C=O) groups excluding carboxylic acids is 1. The van der Waals surface area contributed by atoms with Gasteiger partial charge in [0.1, 0.15) is 12.4 Å². The Morgan fingerprint density at radius 3 is 2.03 bits per heavy atom. The summed E-state index contributed by atoms with van der Waals surface area (Å²) in [4.78, 5) is 17.3. The van der Waals surface area contributed by atoms with Crippen LogP contribution in [-0.2, 0) is 20.4 Å². The standard InChI is InChI=1S/C23H21N3O3S/c1-23(17-10-4-2-5-11-17,18-12-6-3-7-13-18)25-21(27)16-24-22-19-14-8-9-15-20(19)30(28,29)26-22/h2-15H,16H2,1H3,(H,24,26)(H,25,27). The van der Waals surface area contributed by atoms with Crippen molar-refractivity contribution < 1.29 is 13.2 Å². The Hall–Kier alpha value is -3.45. The third-order valence-electron chi connectivity index (χ3n) is 5.14. The largest absolute Gasteiger partial charge is 0.341 e. The SMILES string of the molecule is CC(NC(=O)CN=C1NS(=O)(=O)c2ccccc21)(c1ccccc1)c1ccccc1. The summed E-state index contributed by atoms with van der Waals surface area (Å²) in [5.41, 5.74) is 1.58. The van der Waals surface area contributed by atoms with Crippen molar-refractivity contribution in [2.45, 2.75) is 17.4 Å². The van der Waals surface area contributed by atoms with Crippen LogP contribution in [0.5, 0.6) is 0 Å². The molecule has 1 aliphatic rings. The van der Waals surface area contributed by atoms with E-state index in [1.54, 1.807) is 18.2 Å². The number of nitrogens with zero attached hydrogens (tertiary/aromatic N) is 1. The number of carbonyl (C=O) groups is 1. The van der Waals surface area contributed by atoms with E-state index in [1.807, 2.05) is 67.6 Å². The van der Waals surface area contributed by atoms with Gasteiger partial charge in [0.15, 0.2) is 0 Å². The lowest BCUT2D eigenvalue weighted by Crippen LogP contribution is -2.45. The van der Waals surface area contributed by atoms with Crippen molar-refractivity contribution in [3.05, 3.63) is 102 Å². The van der Waals surface area contributed by atoms with Gasteiger partial charge in [-0.3, -0.25) is 14.5 Å². The molecule has 0 fully saturated rings. The first-order chi connectivity index (χ1) is 14.4. The zero-order valence-electron chi connectivity index (χ0n) is 16.4. The number of rotatable bonds is 5. The lowest BCUT2D eigenvalue weighted by Gasteiger charge is -2.32. The maximum atomic E-state index is 12.8. The average Bonchev–Trinajstić information content (AvgIpc) is 3.04. The Labute approximate surface area is 175 Å². The summed E-state index contributed by atoms with van der Waals surface area (Å²) in [5.74, 6) is -0.136. The number of fused-ring (bicyclic) bond motifs is 1. The van der Waals surface area contributed by atoms with Gasteiger partial charge in [-0.1, -0.05) is 72.8 Å². The Morgan fingerprint density at radius 2 is 1.43 bits per heavy atom. The van der Waals surface area contributed by atoms with Crippen LogP contribution in [0, 0.1) is 0 Å². The molecule has 30 heavy (non-hydrogen) atoms. The number of amidine groups is 1. The van der Waals surface area contributed by atoms with E-state index in [2.05, 4.69) is 15.0 Å². The number of benzene rings is 3. The van der Waals surface area contributed by atoms with Crippen molar-refractivity contribution in [1.82, 2.24) is 10.0 Å². The highest BCUT2D eigenvalue weighted by Crippen LogP contribution is 2.29. The number of hydrogen-bond donors (Lipinski definition) is 2. The Morgan fingerprint density at radius 1 is 0.900 bits per heavy atom. The average molecular weight is 420 g/mol. The van der Waals surface area contributed by atoms with Gasteiger partial charge in [0.25, 0.3) is 10.0 Å². The van der Waals surface area contributed by atoms with Gasteiger partial charge < -0.3 is 5.32 Å². The van der Waals surface area contributed by atoms with Crippen LogP contribution in [0.25, 0.3) is 0 Å². The third kappa shape index (κ3) is 3.71. The minimum absolute atomic E-state index is 0.169. The van der Waals surface area contributed by atoms with E-state index in [1.165, 1.54) is 6.07 Å². The van der Waals surface area contributed by atoms with Gasteiger partial charge in [0.05, 0.1) is 10.4 Å². The quantitative estimate of drug-likeness (QED) is 0.667. The first kappa shape index (κ1) is 19.8. The molecule has 0 bridgehead atoms. The van der Waals surface area contributed by atoms with E-state index in [4.69, 9.17) is 0 Å². The minimum atomic E-state index is -3.64. The molecule has 6 nitrogen and oxygen atoms in total. The molecule has 1 amide bonds. The molecule has 1 heterocycles. The fourth-order valence-electron chi connectivity index (χ4n) is 3.57. The number of nitrogens with one attached hydrogen (secondary N) is 2. The highest BCUT2D eigenvalue weighted by molar-refractivity contribution is 7.90. The molecular weight excluding hydrogens is 398 g/mol. The van der Waals surface area contributed by atoms with Crippen LogP contribution in [0.2, 0.25) is 0 Å². The molecule has 0 saturated carbocycles. The predicted octanol–water partition coefficient (Wildman–Crippen LogP) is 2.81. The summed E-state index contributed by atoms with van der Waals surface area (Å²) < 4.78 is 26.8. The second kappa shape index (κ2) is 7.76. The molecule has 3 aromatic carbocycles. The van der Waals surface area contributed by atoms with Crippen molar-refractivity contribution in [3.8, 4) is 0 Å². The van der Waals surface area contributed by atoms with Gasteiger partial charge in [-0.15, -0.1) is 0 Å². The molecule has 0 unspecified atom stereocenters. The van der Waals surface area contributed by atoms with Crippen LogP contribution in [0.3, 0.4) is 0 Å². The van der Waals surface area contributed by atoms with Gasteiger partial charge in [0, 0.05) is 5.56 Å². The second-order valence-electron chi connectivity index (χ2n) is 7.17. The van der Waals surface area contributed by atoms with Crippen LogP contribution >= 0.6 is 0 Å². The van der Waals surface area contributed by atoms with E-state index >= 15 is 0 Å². The fraction of sp³-hybridized carbons (Fsp3) is 0.130. The molecule has 7 heteroatoms. The van der Waals surface area contributed by atoms with Crippen LogP contribution in [0.1, 0.15) is 23.6 Å². The van der Waals surface area contributed by atoms with Crippen LogP contribution < -0.4 is 10.0 Å². The normalized spacial score (nSPS) is 16.0. The lowest BCUT2D eigenvalue weighted by atomic mass is 9.84. The Kier molecular flexibility index (Phi) is 5.13. The molecular formula is C23H21N3O3S. The van der Waals surface area contributed by atoms with Crippen molar-refractivity contribution in [1.29, 1.82) is 0 Å². The van der Waals surface area contributed by atoms with Crippen molar-refractivity contribution in [3.63, 3.8) is 0 Å². The minimum Gasteiger partial charge on any atom is -0.341 e. The van der Waals surface area contributed by atoms with Crippen LogP contribution in [0.15, 0.2) is 94.8 Å². The van der Waals surface area contributed by atoms with E-state index < -0.39 is 15.6 Å². The summed E-state index contributed by atoms with van der Waals surface area (Å²) in [5, 5.41) is 3.07. The van der Waals surface area contributed by atoms with Crippen molar-refractivity contribution >= 4 is 21.8 Å². The van der Waals surface area contributed by atoms with E-state index in [0.717, 1.165) is 11.1 Å². The number of hydrogen-bond acceptors (Lipinski definition) is 4. The molecule has 0 saturated heterocycles. The maximum absolute atomic E-state index is 12.8. The highest BCUT2D eigenvalue weighted by atomic mass is 32.2. The molecule has 1 aliphatic heterocycles. The van der Waals surface area contributed by atoms with E-state index in [0.29, 0.717) is 5.56 Å². The first-order valence-electron chi connectivity index (χ1n) is 9.49. The topological polar surface area (TPSA) is 87.6 Å². The van der Waals surface area contributed by atoms with Gasteiger partial charge in [-0.05, 0) is 30.2 Å². The fourth-order valence-corrected chi connectivity index (χ4v) is 4.83. The summed E-state index contributed by atoms with van der Waals surface area (Å²) in [6, 6.07) is 25.9. The van der Waals surface area contributed by atoms with E-state index in [-0.39, 0.29) is 23.2 Å². The molecule has 0 atom stereocenters.